The number of thiophene rings is 1. The van der Waals surface area contributed by atoms with Crippen LogP contribution in [0.15, 0.2) is 60.7 Å². The number of rotatable bonds is 8. The third-order valence-corrected chi connectivity index (χ3v) is 5.52. The van der Waals surface area contributed by atoms with Crippen molar-refractivity contribution in [3.8, 4) is 16.9 Å². The van der Waals surface area contributed by atoms with E-state index in [0.29, 0.717) is 22.9 Å². The summed E-state index contributed by atoms with van der Waals surface area (Å²) in [4.78, 5) is 26.3. The molecule has 1 N–H and O–H groups in total. The first-order valence-corrected chi connectivity index (χ1v) is 10.9. The highest BCUT2D eigenvalue weighted by molar-refractivity contribution is 7.17. The van der Waals surface area contributed by atoms with Crippen LogP contribution in [0.4, 0.5) is 5.00 Å². The highest BCUT2D eigenvalue weighted by Gasteiger charge is 2.25. The molecule has 0 unspecified atom stereocenters. The molecule has 3 aromatic rings. The van der Waals surface area contributed by atoms with Gasteiger partial charge in [0.15, 0.2) is 0 Å². The Balaban J connectivity index is 1.91. The van der Waals surface area contributed by atoms with Crippen LogP contribution in [0.1, 0.15) is 34.6 Å². The average molecular weight is 436 g/mol. The molecule has 1 amide bonds. The van der Waals surface area contributed by atoms with E-state index >= 15 is 0 Å². The van der Waals surface area contributed by atoms with Gasteiger partial charge in [0, 0.05) is 22.1 Å². The minimum atomic E-state index is -0.452. The van der Waals surface area contributed by atoms with Crippen molar-refractivity contribution in [1.29, 1.82) is 0 Å². The van der Waals surface area contributed by atoms with E-state index in [9.17, 15) is 9.59 Å². The van der Waals surface area contributed by atoms with Crippen molar-refractivity contribution in [2.45, 2.75) is 20.8 Å². The van der Waals surface area contributed by atoms with Crippen molar-refractivity contribution in [2.75, 3.05) is 18.5 Å². The fraction of sp³-hybridized carbons (Fsp3) is 0.200. The fourth-order valence-electron chi connectivity index (χ4n) is 3.21. The molecule has 0 fully saturated rings. The number of amides is 1. The standard InChI is InChI=1S/C25H25NO4S/c1-4-29-20-14-10-9-11-18(20)15-16-21(27)26-24-23(25(28)30-5-2)22(17(3)31-24)19-12-7-6-8-13-19/h6-16H,4-5H2,1-3H3,(H,26,27)/b16-15+. The Kier molecular flexibility index (Phi) is 7.62. The number of para-hydroxylation sites is 1. The molecule has 1 aromatic heterocycles. The predicted molar refractivity (Wildman–Crippen MR) is 126 cm³/mol. The fourth-order valence-corrected chi connectivity index (χ4v) is 4.27. The van der Waals surface area contributed by atoms with Crippen LogP contribution in [0.5, 0.6) is 5.75 Å². The van der Waals surface area contributed by atoms with Crippen molar-refractivity contribution >= 4 is 34.3 Å². The van der Waals surface area contributed by atoms with Gasteiger partial charge in [-0.3, -0.25) is 4.79 Å². The molecule has 0 aliphatic heterocycles. The number of aryl methyl sites for hydroxylation is 1. The number of carbonyl (C=O) groups is 2. The summed E-state index contributed by atoms with van der Waals surface area (Å²) >= 11 is 1.36. The lowest BCUT2D eigenvalue weighted by Crippen LogP contribution is -2.12. The largest absolute Gasteiger partial charge is 0.493 e. The number of nitrogens with one attached hydrogen (secondary N) is 1. The predicted octanol–water partition coefficient (Wildman–Crippen LogP) is 5.95. The van der Waals surface area contributed by atoms with Gasteiger partial charge in [-0.15, -0.1) is 11.3 Å². The van der Waals surface area contributed by atoms with Gasteiger partial charge in [0.25, 0.3) is 0 Å². The molecule has 0 aliphatic rings. The number of carbonyl (C=O) groups excluding carboxylic acids is 2. The topological polar surface area (TPSA) is 64.6 Å². The number of ether oxygens (including phenoxy) is 2. The Morgan fingerprint density at radius 1 is 1.00 bits per heavy atom. The second-order valence-corrected chi connectivity index (χ2v) is 7.84. The second-order valence-electron chi connectivity index (χ2n) is 6.62. The lowest BCUT2D eigenvalue weighted by Gasteiger charge is -2.08. The summed E-state index contributed by atoms with van der Waals surface area (Å²) in [5, 5.41) is 3.33. The highest BCUT2D eigenvalue weighted by Crippen LogP contribution is 2.40. The van der Waals surface area contributed by atoms with E-state index in [4.69, 9.17) is 9.47 Å². The van der Waals surface area contributed by atoms with Gasteiger partial charge in [0.1, 0.15) is 16.3 Å². The van der Waals surface area contributed by atoms with Crippen LogP contribution >= 0.6 is 11.3 Å². The zero-order valence-electron chi connectivity index (χ0n) is 17.8. The number of esters is 1. The van der Waals surface area contributed by atoms with Gasteiger partial charge in [-0.25, -0.2) is 4.79 Å². The number of benzene rings is 2. The first kappa shape index (κ1) is 22.3. The maximum atomic E-state index is 12.7. The van der Waals surface area contributed by atoms with Gasteiger partial charge < -0.3 is 14.8 Å². The summed E-state index contributed by atoms with van der Waals surface area (Å²) in [7, 11) is 0. The Morgan fingerprint density at radius 2 is 1.71 bits per heavy atom. The van der Waals surface area contributed by atoms with Crippen LogP contribution in [0, 0.1) is 6.92 Å². The third kappa shape index (κ3) is 5.41. The van der Waals surface area contributed by atoms with Gasteiger partial charge in [-0.2, -0.15) is 0 Å². The number of anilines is 1. The molecule has 0 saturated heterocycles. The Hall–Kier alpha value is -3.38. The monoisotopic (exact) mass is 435 g/mol. The number of hydrogen-bond donors (Lipinski definition) is 1. The molecule has 0 saturated carbocycles. The molecule has 0 bridgehead atoms. The first-order chi connectivity index (χ1) is 15.0. The lowest BCUT2D eigenvalue weighted by atomic mass is 10.0. The molecule has 0 spiro atoms. The van der Waals surface area contributed by atoms with Crippen LogP contribution in [0.25, 0.3) is 17.2 Å². The molecular formula is C25H25NO4S. The maximum absolute atomic E-state index is 12.7. The van der Waals surface area contributed by atoms with Crippen LogP contribution < -0.4 is 10.1 Å². The van der Waals surface area contributed by atoms with Crippen LogP contribution in [0.3, 0.4) is 0 Å². The van der Waals surface area contributed by atoms with Crippen molar-refractivity contribution in [3.63, 3.8) is 0 Å². The second kappa shape index (κ2) is 10.6. The van der Waals surface area contributed by atoms with Crippen molar-refractivity contribution in [2.24, 2.45) is 0 Å². The third-order valence-electron chi connectivity index (χ3n) is 4.50. The minimum absolute atomic E-state index is 0.253. The quantitative estimate of drug-likeness (QED) is 0.351. The highest BCUT2D eigenvalue weighted by atomic mass is 32.1. The molecular weight excluding hydrogens is 410 g/mol. The van der Waals surface area contributed by atoms with E-state index in [2.05, 4.69) is 5.32 Å². The Bertz CT molecular complexity index is 1090. The molecule has 31 heavy (non-hydrogen) atoms. The average Bonchev–Trinajstić information content (AvgIpc) is 3.09. The molecule has 5 nitrogen and oxygen atoms in total. The van der Waals surface area contributed by atoms with Crippen LogP contribution in [0.2, 0.25) is 0 Å². The van der Waals surface area contributed by atoms with E-state index in [0.717, 1.165) is 21.6 Å². The van der Waals surface area contributed by atoms with Gasteiger partial charge >= 0.3 is 5.97 Å². The molecule has 1 heterocycles. The summed E-state index contributed by atoms with van der Waals surface area (Å²) in [5.41, 5.74) is 2.87. The van der Waals surface area contributed by atoms with Crippen LogP contribution in [-0.2, 0) is 9.53 Å². The van der Waals surface area contributed by atoms with Crippen molar-refractivity contribution in [3.05, 3.63) is 76.7 Å². The minimum Gasteiger partial charge on any atom is -0.493 e. The zero-order chi connectivity index (χ0) is 22.2. The maximum Gasteiger partial charge on any atom is 0.341 e. The molecule has 2 aromatic carbocycles. The Labute approximate surface area is 186 Å². The number of hydrogen-bond acceptors (Lipinski definition) is 5. The normalized spacial score (nSPS) is 10.8. The van der Waals surface area contributed by atoms with E-state index in [1.807, 2.05) is 68.4 Å². The van der Waals surface area contributed by atoms with Gasteiger partial charge in [-0.1, -0.05) is 48.5 Å². The summed E-state index contributed by atoms with van der Waals surface area (Å²) < 4.78 is 10.9. The smallest absolute Gasteiger partial charge is 0.341 e. The van der Waals surface area contributed by atoms with Gasteiger partial charge in [0.05, 0.1) is 13.2 Å². The SMILES string of the molecule is CCOC(=O)c1c(NC(=O)/C=C/c2ccccc2OCC)sc(C)c1-c1ccccc1. The van der Waals surface area contributed by atoms with Crippen LogP contribution in [-0.4, -0.2) is 25.1 Å². The lowest BCUT2D eigenvalue weighted by molar-refractivity contribution is -0.111. The summed E-state index contributed by atoms with van der Waals surface area (Å²) in [6.45, 7) is 6.39. The molecule has 0 aliphatic carbocycles. The van der Waals surface area contributed by atoms with Gasteiger partial charge in [0.2, 0.25) is 5.91 Å². The molecule has 3 rings (SSSR count). The summed E-state index contributed by atoms with van der Waals surface area (Å²) in [6, 6.07) is 17.1. The zero-order valence-corrected chi connectivity index (χ0v) is 18.6. The molecule has 0 atom stereocenters. The summed E-state index contributed by atoms with van der Waals surface area (Å²) in [6.07, 6.45) is 3.13. The summed E-state index contributed by atoms with van der Waals surface area (Å²) in [5.74, 6) is -0.0796. The van der Waals surface area contributed by atoms with E-state index in [1.54, 1.807) is 13.0 Å². The van der Waals surface area contributed by atoms with Gasteiger partial charge in [-0.05, 0) is 38.5 Å². The van der Waals surface area contributed by atoms with Crippen molar-refractivity contribution in [1.82, 2.24) is 0 Å². The molecule has 160 valence electrons. The molecule has 6 heteroatoms. The van der Waals surface area contributed by atoms with E-state index in [-0.39, 0.29) is 12.5 Å². The van der Waals surface area contributed by atoms with E-state index in [1.165, 1.54) is 17.4 Å². The molecule has 0 radical (unpaired) electrons. The Morgan fingerprint density at radius 3 is 2.42 bits per heavy atom. The van der Waals surface area contributed by atoms with Crippen molar-refractivity contribution < 1.29 is 19.1 Å². The first-order valence-electron chi connectivity index (χ1n) is 10.1. The van der Waals surface area contributed by atoms with E-state index < -0.39 is 5.97 Å².